The van der Waals surface area contributed by atoms with E-state index in [-0.39, 0.29) is 24.5 Å². The molecule has 3 rings (SSSR count). The van der Waals surface area contributed by atoms with Gasteiger partial charge in [0.25, 0.3) is 5.91 Å². The Morgan fingerprint density at radius 1 is 1.25 bits per heavy atom. The van der Waals surface area contributed by atoms with Crippen LogP contribution in [0.3, 0.4) is 0 Å². The van der Waals surface area contributed by atoms with E-state index in [0.717, 1.165) is 32.2 Å². The lowest BCUT2D eigenvalue weighted by molar-refractivity contribution is -0.123. The fraction of sp³-hybridized carbons (Fsp3) is 0.529. The third kappa shape index (κ3) is 4.38. The van der Waals surface area contributed by atoms with Crippen molar-refractivity contribution in [1.29, 1.82) is 0 Å². The van der Waals surface area contributed by atoms with E-state index in [4.69, 9.17) is 9.47 Å². The molecular formula is C17H23N3O4. The normalized spacial score (nSPS) is 19.6. The van der Waals surface area contributed by atoms with Crippen molar-refractivity contribution in [3.8, 4) is 11.5 Å². The number of methoxy groups -OCH3 is 1. The fourth-order valence-electron chi connectivity index (χ4n) is 2.65. The summed E-state index contributed by atoms with van der Waals surface area (Å²) >= 11 is 0. The molecule has 1 aromatic carbocycles. The first-order valence-electron chi connectivity index (χ1n) is 8.30. The van der Waals surface area contributed by atoms with Crippen LogP contribution in [0.25, 0.3) is 0 Å². The zero-order chi connectivity index (χ0) is 16.9. The lowest BCUT2D eigenvalue weighted by Gasteiger charge is -2.14. The molecule has 7 nitrogen and oxygen atoms in total. The van der Waals surface area contributed by atoms with Gasteiger partial charge in [0.2, 0.25) is 5.91 Å². The van der Waals surface area contributed by atoms with Crippen LogP contribution < -0.4 is 25.4 Å². The van der Waals surface area contributed by atoms with E-state index in [2.05, 4.69) is 16.0 Å². The van der Waals surface area contributed by atoms with Gasteiger partial charge in [-0.2, -0.15) is 0 Å². The van der Waals surface area contributed by atoms with Crippen LogP contribution in [0.4, 0.5) is 5.69 Å². The van der Waals surface area contributed by atoms with Gasteiger partial charge in [0.15, 0.2) is 18.1 Å². The number of ether oxygens (including phenoxy) is 2. The van der Waals surface area contributed by atoms with Crippen LogP contribution in [-0.4, -0.2) is 44.2 Å². The number of nitrogens with one attached hydrogen (secondary N) is 3. The standard InChI is InChI=1S/C17H23N3O4/c1-23-14-7-6-12(20-17(22)13-3-2-8-18-13)9-15(14)24-10-16(21)19-11-4-5-11/h6-7,9,11,13,18H,2-5,8,10H2,1H3,(H,19,21)(H,20,22). The van der Waals surface area contributed by atoms with Gasteiger partial charge in [0.1, 0.15) is 0 Å². The molecule has 2 fully saturated rings. The van der Waals surface area contributed by atoms with Crippen molar-refractivity contribution < 1.29 is 19.1 Å². The van der Waals surface area contributed by atoms with E-state index in [0.29, 0.717) is 23.2 Å². The van der Waals surface area contributed by atoms with Crippen molar-refractivity contribution in [2.75, 3.05) is 25.6 Å². The topological polar surface area (TPSA) is 88.7 Å². The number of anilines is 1. The molecule has 1 aliphatic heterocycles. The first-order chi connectivity index (χ1) is 11.7. The molecule has 1 atom stereocenters. The molecule has 0 bridgehead atoms. The Bertz CT molecular complexity index is 610. The Morgan fingerprint density at radius 3 is 2.75 bits per heavy atom. The average Bonchev–Trinajstić information content (AvgIpc) is 3.21. The number of hydrogen-bond donors (Lipinski definition) is 3. The summed E-state index contributed by atoms with van der Waals surface area (Å²) in [5, 5.41) is 8.89. The monoisotopic (exact) mass is 333 g/mol. The lowest BCUT2D eigenvalue weighted by atomic mass is 10.2. The summed E-state index contributed by atoms with van der Waals surface area (Å²) in [6.45, 7) is 0.791. The summed E-state index contributed by atoms with van der Waals surface area (Å²) in [6.07, 6.45) is 3.91. The molecule has 24 heavy (non-hydrogen) atoms. The van der Waals surface area contributed by atoms with Crippen LogP contribution >= 0.6 is 0 Å². The largest absolute Gasteiger partial charge is 0.493 e. The van der Waals surface area contributed by atoms with E-state index in [1.54, 1.807) is 18.2 Å². The number of carbonyl (C=O) groups excluding carboxylic acids is 2. The Hall–Kier alpha value is -2.28. The molecule has 0 radical (unpaired) electrons. The summed E-state index contributed by atoms with van der Waals surface area (Å²) < 4.78 is 10.8. The molecule has 2 amide bonds. The molecule has 3 N–H and O–H groups in total. The molecule has 2 aliphatic rings. The second-order valence-electron chi connectivity index (χ2n) is 6.13. The SMILES string of the molecule is COc1ccc(NC(=O)C2CCCN2)cc1OCC(=O)NC1CC1. The Labute approximate surface area is 141 Å². The minimum absolute atomic E-state index is 0.0601. The molecule has 7 heteroatoms. The van der Waals surface area contributed by atoms with Gasteiger partial charge in [-0.1, -0.05) is 0 Å². The second-order valence-corrected chi connectivity index (χ2v) is 6.13. The number of amides is 2. The third-order valence-corrected chi connectivity index (χ3v) is 4.11. The first kappa shape index (κ1) is 16.6. The van der Waals surface area contributed by atoms with Gasteiger partial charge in [-0.25, -0.2) is 0 Å². The Balaban J connectivity index is 1.60. The lowest BCUT2D eigenvalue weighted by Crippen LogP contribution is -2.35. The maximum atomic E-state index is 12.2. The predicted octanol–water partition coefficient (Wildman–Crippen LogP) is 1.04. The summed E-state index contributed by atoms with van der Waals surface area (Å²) in [5.41, 5.74) is 0.618. The first-order valence-corrected chi connectivity index (χ1v) is 8.30. The highest BCUT2D eigenvalue weighted by molar-refractivity contribution is 5.95. The minimum atomic E-state index is -0.152. The zero-order valence-electron chi connectivity index (χ0n) is 13.8. The molecule has 1 aromatic rings. The van der Waals surface area contributed by atoms with Crippen LogP contribution in [0, 0.1) is 0 Å². The molecular weight excluding hydrogens is 310 g/mol. The van der Waals surface area contributed by atoms with E-state index >= 15 is 0 Å². The number of hydrogen-bond acceptors (Lipinski definition) is 5. The highest BCUT2D eigenvalue weighted by atomic mass is 16.5. The molecule has 1 saturated heterocycles. The van der Waals surface area contributed by atoms with Gasteiger partial charge in [-0.3, -0.25) is 9.59 Å². The van der Waals surface area contributed by atoms with E-state index in [9.17, 15) is 9.59 Å². The maximum absolute atomic E-state index is 12.2. The van der Waals surface area contributed by atoms with Gasteiger partial charge < -0.3 is 25.4 Å². The predicted molar refractivity (Wildman–Crippen MR) is 89.3 cm³/mol. The summed E-state index contributed by atoms with van der Waals surface area (Å²) in [7, 11) is 1.53. The van der Waals surface area contributed by atoms with Crippen LogP contribution in [0.1, 0.15) is 25.7 Å². The summed E-state index contributed by atoms with van der Waals surface area (Å²) in [6, 6.07) is 5.29. The highest BCUT2D eigenvalue weighted by Crippen LogP contribution is 2.30. The Kier molecular flexibility index (Phi) is 5.20. The molecule has 0 aromatic heterocycles. The van der Waals surface area contributed by atoms with E-state index in [1.165, 1.54) is 7.11 Å². The van der Waals surface area contributed by atoms with Crippen molar-refractivity contribution in [1.82, 2.24) is 10.6 Å². The third-order valence-electron chi connectivity index (χ3n) is 4.11. The molecule has 1 heterocycles. The van der Waals surface area contributed by atoms with E-state index < -0.39 is 0 Å². The maximum Gasteiger partial charge on any atom is 0.258 e. The van der Waals surface area contributed by atoms with Crippen molar-refractivity contribution >= 4 is 17.5 Å². The van der Waals surface area contributed by atoms with Gasteiger partial charge in [0.05, 0.1) is 13.2 Å². The fourth-order valence-corrected chi connectivity index (χ4v) is 2.65. The molecule has 130 valence electrons. The van der Waals surface area contributed by atoms with Crippen molar-refractivity contribution in [2.24, 2.45) is 0 Å². The number of rotatable bonds is 7. The number of carbonyl (C=O) groups is 2. The molecule has 1 unspecified atom stereocenters. The number of benzene rings is 1. The van der Waals surface area contributed by atoms with Crippen molar-refractivity contribution in [3.05, 3.63) is 18.2 Å². The summed E-state index contributed by atoms with van der Waals surface area (Å²) in [5.74, 6) is 0.742. The van der Waals surface area contributed by atoms with Crippen LogP contribution in [0.15, 0.2) is 18.2 Å². The van der Waals surface area contributed by atoms with Crippen LogP contribution in [-0.2, 0) is 9.59 Å². The van der Waals surface area contributed by atoms with Crippen molar-refractivity contribution in [2.45, 2.75) is 37.8 Å². The minimum Gasteiger partial charge on any atom is -0.493 e. The van der Waals surface area contributed by atoms with Crippen molar-refractivity contribution in [3.63, 3.8) is 0 Å². The smallest absolute Gasteiger partial charge is 0.258 e. The van der Waals surface area contributed by atoms with Gasteiger partial charge in [0, 0.05) is 17.8 Å². The quantitative estimate of drug-likeness (QED) is 0.694. The van der Waals surface area contributed by atoms with Crippen LogP contribution in [0.2, 0.25) is 0 Å². The zero-order valence-corrected chi connectivity index (χ0v) is 13.8. The summed E-state index contributed by atoms with van der Waals surface area (Å²) in [4.78, 5) is 23.9. The van der Waals surface area contributed by atoms with Crippen LogP contribution in [0.5, 0.6) is 11.5 Å². The molecule has 1 aliphatic carbocycles. The van der Waals surface area contributed by atoms with Gasteiger partial charge >= 0.3 is 0 Å². The average molecular weight is 333 g/mol. The van der Waals surface area contributed by atoms with E-state index in [1.807, 2.05) is 0 Å². The van der Waals surface area contributed by atoms with Gasteiger partial charge in [-0.15, -0.1) is 0 Å². The highest BCUT2D eigenvalue weighted by Gasteiger charge is 2.24. The molecule has 1 saturated carbocycles. The Morgan fingerprint density at radius 2 is 2.08 bits per heavy atom. The molecule has 0 spiro atoms. The van der Waals surface area contributed by atoms with Gasteiger partial charge in [-0.05, 0) is 44.4 Å². The second kappa shape index (κ2) is 7.53.